The van der Waals surface area contributed by atoms with E-state index in [0.29, 0.717) is 11.5 Å². The van der Waals surface area contributed by atoms with Gasteiger partial charge >= 0.3 is 0 Å². The summed E-state index contributed by atoms with van der Waals surface area (Å²) in [6.07, 6.45) is 0. The molecule has 0 aliphatic heterocycles. The topological polar surface area (TPSA) is 58.2 Å². The zero-order valence-corrected chi connectivity index (χ0v) is 14.6. The number of rotatable bonds is 5. The second kappa shape index (κ2) is 7.77. The number of benzene rings is 2. The summed E-state index contributed by atoms with van der Waals surface area (Å²) in [5.74, 6) is 0.217. The zero-order chi connectivity index (χ0) is 17.7. The Kier molecular flexibility index (Phi) is 5.74. The van der Waals surface area contributed by atoms with Crippen LogP contribution in [0.4, 0.5) is 5.69 Å². The van der Waals surface area contributed by atoms with E-state index in [-0.39, 0.29) is 17.9 Å². The molecule has 0 aliphatic rings. The molecule has 0 radical (unpaired) electrons. The van der Waals surface area contributed by atoms with Crippen LogP contribution in [0.1, 0.15) is 61.1 Å². The first-order valence-corrected chi connectivity index (χ1v) is 8.15. The average Bonchev–Trinajstić information content (AvgIpc) is 2.54. The molecule has 1 unspecified atom stereocenters. The van der Waals surface area contributed by atoms with Gasteiger partial charge in [-0.1, -0.05) is 38.1 Å². The molecule has 0 fully saturated rings. The van der Waals surface area contributed by atoms with Gasteiger partial charge in [0.1, 0.15) is 0 Å². The van der Waals surface area contributed by atoms with Crippen molar-refractivity contribution >= 4 is 17.5 Å². The van der Waals surface area contributed by atoms with Crippen LogP contribution in [-0.4, -0.2) is 11.8 Å². The molecule has 1 atom stereocenters. The predicted octanol–water partition coefficient (Wildman–Crippen LogP) is 4.26. The van der Waals surface area contributed by atoms with E-state index in [1.807, 2.05) is 55.5 Å². The maximum absolute atomic E-state index is 12.4. The minimum Gasteiger partial charge on any atom is -0.346 e. The third-order valence-corrected chi connectivity index (χ3v) is 3.89. The van der Waals surface area contributed by atoms with E-state index >= 15 is 0 Å². The van der Waals surface area contributed by atoms with E-state index < -0.39 is 0 Å². The smallest absolute Gasteiger partial charge is 0.251 e. The van der Waals surface area contributed by atoms with E-state index in [1.54, 1.807) is 0 Å². The van der Waals surface area contributed by atoms with Gasteiger partial charge in [0.15, 0.2) is 0 Å². The fourth-order valence-electron chi connectivity index (χ4n) is 2.47. The van der Waals surface area contributed by atoms with Crippen molar-refractivity contribution in [3.63, 3.8) is 0 Å². The molecule has 4 nitrogen and oxygen atoms in total. The first-order valence-electron chi connectivity index (χ1n) is 8.15. The predicted molar refractivity (Wildman–Crippen MR) is 97.2 cm³/mol. The highest BCUT2D eigenvalue weighted by Gasteiger charge is 2.12. The summed E-state index contributed by atoms with van der Waals surface area (Å²) in [6, 6.07) is 15.0. The maximum Gasteiger partial charge on any atom is 0.251 e. The molecular formula is C20H24N2O2. The zero-order valence-electron chi connectivity index (χ0n) is 14.6. The lowest BCUT2D eigenvalue weighted by Gasteiger charge is -2.16. The molecule has 0 aliphatic carbocycles. The van der Waals surface area contributed by atoms with Gasteiger partial charge in [0.05, 0.1) is 6.04 Å². The van der Waals surface area contributed by atoms with E-state index in [1.165, 1.54) is 12.5 Å². The lowest BCUT2D eigenvalue weighted by atomic mass is 10.0. The summed E-state index contributed by atoms with van der Waals surface area (Å²) in [7, 11) is 0. The molecule has 0 aromatic heterocycles. The molecule has 0 bridgehead atoms. The van der Waals surface area contributed by atoms with Gasteiger partial charge in [-0.3, -0.25) is 9.59 Å². The molecule has 0 spiro atoms. The number of amides is 2. The molecule has 0 saturated heterocycles. The summed E-state index contributed by atoms with van der Waals surface area (Å²) in [6.45, 7) is 7.64. The van der Waals surface area contributed by atoms with Crippen LogP contribution >= 0.6 is 0 Å². The van der Waals surface area contributed by atoms with Crippen LogP contribution in [-0.2, 0) is 4.79 Å². The second-order valence-corrected chi connectivity index (χ2v) is 6.28. The summed E-state index contributed by atoms with van der Waals surface area (Å²) in [5, 5.41) is 5.74. The van der Waals surface area contributed by atoms with Crippen molar-refractivity contribution in [2.45, 2.75) is 39.7 Å². The van der Waals surface area contributed by atoms with Crippen LogP contribution in [0.5, 0.6) is 0 Å². The Morgan fingerprint density at radius 3 is 2.17 bits per heavy atom. The van der Waals surface area contributed by atoms with Crippen LogP contribution in [0.15, 0.2) is 48.5 Å². The number of carbonyl (C=O) groups excluding carboxylic acids is 2. The van der Waals surface area contributed by atoms with Gasteiger partial charge in [-0.25, -0.2) is 0 Å². The summed E-state index contributed by atoms with van der Waals surface area (Å²) >= 11 is 0. The first-order chi connectivity index (χ1) is 11.4. The van der Waals surface area contributed by atoms with Crippen LogP contribution in [0.2, 0.25) is 0 Å². The first kappa shape index (κ1) is 17.7. The monoisotopic (exact) mass is 324 g/mol. The largest absolute Gasteiger partial charge is 0.346 e. The summed E-state index contributed by atoms with van der Waals surface area (Å²) in [5.41, 5.74) is 3.52. The Bertz CT molecular complexity index is 721. The SMILES string of the molecule is CC(=O)Nc1cccc(C(C)NC(=O)c2ccc(C(C)C)cc2)c1. The van der Waals surface area contributed by atoms with Crippen molar-refractivity contribution in [2.24, 2.45) is 0 Å². The van der Waals surface area contributed by atoms with Crippen LogP contribution < -0.4 is 10.6 Å². The minimum atomic E-state index is -0.156. The van der Waals surface area contributed by atoms with Crippen molar-refractivity contribution in [3.05, 3.63) is 65.2 Å². The standard InChI is InChI=1S/C20H24N2O2/c1-13(2)16-8-10-17(11-9-16)20(24)21-14(3)18-6-5-7-19(12-18)22-15(4)23/h5-14H,1-4H3,(H,21,24)(H,22,23). The molecule has 2 aromatic carbocycles. The molecule has 2 N–H and O–H groups in total. The Labute approximate surface area is 143 Å². The van der Waals surface area contributed by atoms with Crippen LogP contribution in [0.3, 0.4) is 0 Å². The van der Waals surface area contributed by atoms with E-state index in [2.05, 4.69) is 24.5 Å². The van der Waals surface area contributed by atoms with E-state index in [4.69, 9.17) is 0 Å². The lowest BCUT2D eigenvalue weighted by molar-refractivity contribution is -0.114. The van der Waals surface area contributed by atoms with Crippen LogP contribution in [0, 0.1) is 0 Å². The maximum atomic E-state index is 12.4. The molecule has 0 saturated carbocycles. The highest BCUT2D eigenvalue weighted by molar-refractivity contribution is 5.94. The molecular weight excluding hydrogens is 300 g/mol. The van der Waals surface area contributed by atoms with Crippen molar-refractivity contribution in [3.8, 4) is 0 Å². The number of carbonyl (C=O) groups is 2. The number of nitrogens with one attached hydrogen (secondary N) is 2. The van der Waals surface area contributed by atoms with Gasteiger partial charge in [-0.15, -0.1) is 0 Å². The van der Waals surface area contributed by atoms with Gasteiger partial charge in [0.2, 0.25) is 5.91 Å². The molecule has 24 heavy (non-hydrogen) atoms. The van der Waals surface area contributed by atoms with Crippen molar-refractivity contribution < 1.29 is 9.59 Å². The quantitative estimate of drug-likeness (QED) is 0.863. The molecule has 2 amide bonds. The average molecular weight is 324 g/mol. The normalized spacial score (nSPS) is 11.9. The number of hydrogen-bond donors (Lipinski definition) is 2. The van der Waals surface area contributed by atoms with Gasteiger partial charge < -0.3 is 10.6 Å². The van der Waals surface area contributed by atoms with Crippen molar-refractivity contribution in [2.75, 3.05) is 5.32 Å². The highest BCUT2D eigenvalue weighted by Crippen LogP contribution is 2.19. The molecule has 0 heterocycles. The molecule has 2 rings (SSSR count). The lowest BCUT2D eigenvalue weighted by Crippen LogP contribution is -2.26. The Balaban J connectivity index is 2.07. The van der Waals surface area contributed by atoms with Gasteiger partial charge in [-0.2, -0.15) is 0 Å². The third-order valence-electron chi connectivity index (χ3n) is 3.89. The summed E-state index contributed by atoms with van der Waals surface area (Å²) in [4.78, 5) is 23.5. The van der Waals surface area contributed by atoms with E-state index in [0.717, 1.165) is 11.3 Å². The Morgan fingerprint density at radius 1 is 0.917 bits per heavy atom. The Morgan fingerprint density at radius 2 is 1.58 bits per heavy atom. The van der Waals surface area contributed by atoms with Gasteiger partial charge in [0, 0.05) is 18.2 Å². The molecule has 4 heteroatoms. The van der Waals surface area contributed by atoms with Crippen LogP contribution in [0.25, 0.3) is 0 Å². The minimum absolute atomic E-state index is 0.109. The number of anilines is 1. The Hall–Kier alpha value is -2.62. The third kappa shape index (κ3) is 4.69. The fourth-order valence-corrected chi connectivity index (χ4v) is 2.47. The highest BCUT2D eigenvalue weighted by atomic mass is 16.2. The van der Waals surface area contributed by atoms with Gasteiger partial charge in [0.25, 0.3) is 5.91 Å². The van der Waals surface area contributed by atoms with E-state index in [9.17, 15) is 9.59 Å². The fraction of sp³-hybridized carbons (Fsp3) is 0.300. The summed E-state index contributed by atoms with van der Waals surface area (Å²) < 4.78 is 0. The van der Waals surface area contributed by atoms with Gasteiger partial charge in [-0.05, 0) is 48.2 Å². The molecule has 2 aromatic rings. The van der Waals surface area contributed by atoms with Crippen molar-refractivity contribution in [1.82, 2.24) is 5.32 Å². The van der Waals surface area contributed by atoms with Crippen molar-refractivity contribution in [1.29, 1.82) is 0 Å². The molecule has 126 valence electrons. The number of hydrogen-bond acceptors (Lipinski definition) is 2. The second-order valence-electron chi connectivity index (χ2n) is 6.28.